The Kier molecular flexibility index (Phi) is 3.85. The second-order valence-corrected chi connectivity index (χ2v) is 4.75. The van der Waals surface area contributed by atoms with Gasteiger partial charge in [-0.1, -0.05) is 32.0 Å². The minimum absolute atomic E-state index is 0.406. The van der Waals surface area contributed by atoms with Gasteiger partial charge in [0.25, 0.3) is 0 Å². The van der Waals surface area contributed by atoms with Gasteiger partial charge >= 0.3 is 0 Å². The molecule has 0 amide bonds. The number of halogens is 1. The lowest BCUT2D eigenvalue weighted by atomic mass is 10.1. The first-order valence-electron chi connectivity index (χ1n) is 5.78. The van der Waals surface area contributed by atoms with Crippen LogP contribution in [0, 0.1) is 5.92 Å². The molecule has 0 spiro atoms. The summed E-state index contributed by atoms with van der Waals surface area (Å²) in [7, 11) is 0. The van der Waals surface area contributed by atoms with Crippen LogP contribution in [0.1, 0.15) is 19.5 Å². The van der Waals surface area contributed by atoms with Crippen molar-refractivity contribution < 1.29 is 4.74 Å². The van der Waals surface area contributed by atoms with Crippen LogP contribution in [0.5, 0.6) is 5.88 Å². The van der Waals surface area contributed by atoms with Crippen molar-refractivity contribution in [3.63, 3.8) is 0 Å². The van der Waals surface area contributed by atoms with Crippen LogP contribution in [0.4, 0.5) is 0 Å². The Morgan fingerprint density at radius 1 is 1.29 bits per heavy atom. The molecule has 0 radical (unpaired) electrons. The lowest BCUT2D eigenvalue weighted by Gasteiger charge is -2.11. The predicted molar refractivity (Wildman–Crippen MR) is 71.6 cm³/mol. The fraction of sp³-hybridized carbons (Fsp3) is 0.357. The van der Waals surface area contributed by atoms with E-state index in [0.29, 0.717) is 24.3 Å². The van der Waals surface area contributed by atoms with Crippen LogP contribution in [-0.2, 0) is 5.88 Å². The third-order valence-corrected chi connectivity index (χ3v) is 2.72. The second-order valence-electron chi connectivity index (χ2n) is 4.48. The summed E-state index contributed by atoms with van der Waals surface area (Å²) < 4.78 is 5.75. The molecule has 0 aliphatic heterocycles. The second kappa shape index (κ2) is 5.37. The molecule has 1 aromatic heterocycles. The molecule has 1 heterocycles. The molecular weight excluding hydrogens is 234 g/mol. The largest absolute Gasteiger partial charge is 0.477 e. The molecule has 2 nitrogen and oxygen atoms in total. The van der Waals surface area contributed by atoms with E-state index in [4.69, 9.17) is 16.3 Å². The molecule has 0 unspecified atom stereocenters. The maximum Gasteiger partial charge on any atom is 0.221 e. The monoisotopic (exact) mass is 249 g/mol. The van der Waals surface area contributed by atoms with Crippen molar-refractivity contribution in [2.45, 2.75) is 19.7 Å². The number of hydrogen-bond acceptors (Lipinski definition) is 2. The average Bonchev–Trinajstić information content (AvgIpc) is 2.35. The third kappa shape index (κ3) is 2.89. The van der Waals surface area contributed by atoms with Crippen LogP contribution in [0.3, 0.4) is 0 Å². The number of ether oxygens (including phenoxy) is 1. The minimum atomic E-state index is 0.406. The van der Waals surface area contributed by atoms with Gasteiger partial charge in [-0.2, -0.15) is 0 Å². The van der Waals surface area contributed by atoms with Crippen molar-refractivity contribution in [2.24, 2.45) is 5.92 Å². The Balaban J connectivity index is 2.43. The van der Waals surface area contributed by atoms with Crippen LogP contribution in [-0.4, -0.2) is 11.6 Å². The van der Waals surface area contributed by atoms with E-state index in [1.54, 1.807) is 0 Å². The number of aromatic nitrogens is 1. The van der Waals surface area contributed by atoms with Crippen LogP contribution in [0.2, 0.25) is 0 Å². The molecule has 2 aromatic rings. The molecule has 0 aliphatic rings. The summed E-state index contributed by atoms with van der Waals surface area (Å²) in [6, 6.07) is 10.1. The summed E-state index contributed by atoms with van der Waals surface area (Å²) >= 11 is 5.84. The molecule has 90 valence electrons. The third-order valence-electron chi connectivity index (χ3n) is 2.45. The molecule has 0 saturated carbocycles. The zero-order chi connectivity index (χ0) is 12.3. The number of pyridine rings is 1. The Hall–Kier alpha value is -1.28. The molecule has 0 aliphatic carbocycles. The van der Waals surface area contributed by atoms with Gasteiger partial charge in [0.15, 0.2) is 0 Å². The summed E-state index contributed by atoms with van der Waals surface area (Å²) in [5.74, 6) is 1.57. The van der Waals surface area contributed by atoms with Crippen molar-refractivity contribution in [3.05, 3.63) is 36.0 Å². The molecule has 17 heavy (non-hydrogen) atoms. The highest BCUT2D eigenvalue weighted by Crippen LogP contribution is 2.25. The van der Waals surface area contributed by atoms with Crippen LogP contribution in [0.15, 0.2) is 30.3 Å². The quantitative estimate of drug-likeness (QED) is 0.764. The van der Waals surface area contributed by atoms with Gasteiger partial charge in [-0.3, -0.25) is 0 Å². The Bertz CT molecular complexity index is 511. The SMILES string of the molecule is CC(C)COc1nc(CCl)cc2ccccc12. The summed E-state index contributed by atoms with van der Waals surface area (Å²) in [5.41, 5.74) is 0.851. The van der Waals surface area contributed by atoms with E-state index in [1.165, 1.54) is 0 Å². The van der Waals surface area contributed by atoms with E-state index in [2.05, 4.69) is 24.9 Å². The summed E-state index contributed by atoms with van der Waals surface area (Å²) in [6.45, 7) is 4.91. The molecule has 0 atom stereocenters. The first kappa shape index (κ1) is 12.2. The van der Waals surface area contributed by atoms with E-state index in [0.717, 1.165) is 16.5 Å². The fourth-order valence-corrected chi connectivity index (χ4v) is 1.78. The van der Waals surface area contributed by atoms with E-state index >= 15 is 0 Å². The molecule has 1 aromatic carbocycles. The van der Waals surface area contributed by atoms with E-state index in [-0.39, 0.29) is 0 Å². The number of fused-ring (bicyclic) bond motifs is 1. The molecule has 2 rings (SSSR count). The lowest BCUT2D eigenvalue weighted by Crippen LogP contribution is -2.06. The van der Waals surface area contributed by atoms with Crippen molar-refractivity contribution in [1.82, 2.24) is 4.98 Å². The first-order valence-corrected chi connectivity index (χ1v) is 6.31. The number of rotatable bonds is 4. The summed E-state index contributed by atoms with van der Waals surface area (Å²) in [6.07, 6.45) is 0. The van der Waals surface area contributed by atoms with Crippen LogP contribution >= 0.6 is 11.6 Å². The summed E-state index contributed by atoms with van der Waals surface area (Å²) in [4.78, 5) is 4.44. The Morgan fingerprint density at radius 3 is 2.76 bits per heavy atom. The predicted octanol–water partition coefficient (Wildman–Crippen LogP) is 4.01. The molecule has 3 heteroatoms. The maximum absolute atomic E-state index is 5.84. The van der Waals surface area contributed by atoms with Crippen molar-refractivity contribution in [3.8, 4) is 5.88 Å². The topological polar surface area (TPSA) is 22.1 Å². The fourth-order valence-electron chi connectivity index (χ4n) is 1.64. The van der Waals surface area contributed by atoms with Crippen LogP contribution in [0.25, 0.3) is 10.8 Å². The first-order chi connectivity index (χ1) is 8.20. The maximum atomic E-state index is 5.84. The molecule has 0 bridgehead atoms. The van der Waals surface area contributed by atoms with Crippen molar-refractivity contribution in [1.29, 1.82) is 0 Å². The van der Waals surface area contributed by atoms with Gasteiger partial charge in [-0.15, -0.1) is 11.6 Å². The number of hydrogen-bond donors (Lipinski definition) is 0. The van der Waals surface area contributed by atoms with Gasteiger partial charge in [0.05, 0.1) is 18.2 Å². The number of benzene rings is 1. The van der Waals surface area contributed by atoms with Gasteiger partial charge in [0, 0.05) is 5.39 Å². The highest BCUT2D eigenvalue weighted by molar-refractivity contribution is 6.17. The van der Waals surface area contributed by atoms with Crippen LogP contribution < -0.4 is 4.74 Å². The smallest absolute Gasteiger partial charge is 0.221 e. The lowest BCUT2D eigenvalue weighted by molar-refractivity contribution is 0.264. The van der Waals surface area contributed by atoms with Gasteiger partial charge in [-0.25, -0.2) is 4.98 Å². The van der Waals surface area contributed by atoms with Gasteiger partial charge in [0.1, 0.15) is 0 Å². The normalized spacial score (nSPS) is 11.1. The minimum Gasteiger partial charge on any atom is -0.477 e. The Morgan fingerprint density at radius 2 is 2.06 bits per heavy atom. The molecule has 0 saturated heterocycles. The highest BCUT2D eigenvalue weighted by Gasteiger charge is 2.07. The zero-order valence-corrected chi connectivity index (χ0v) is 10.9. The van der Waals surface area contributed by atoms with E-state index in [1.807, 2.05) is 24.3 Å². The van der Waals surface area contributed by atoms with Gasteiger partial charge < -0.3 is 4.74 Å². The molecular formula is C14H16ClNO. The van der Waals surface area contributed by atoms with Gasteiger partial charge in [-0.05, 0) is 23.4 Å². The summed E-state index contributed by atoms with van der Waals surface area (Å²) in [5, 5.41) is 2.17. The average molecular weight is 250 g/mol. The van der Waals surface area contributed by atoms with E-state index in [9.17, 15) is 0 Å². The van der Waals surface area contributed by atoms with Crippen molar-refractivity contribution in [2.75, 3.05) is 6.61 Å². The highest BCUT2D eigenvalue weighted by atomic mass is 35.5. The number of nitrogens with zero attached hydrogens (tertiary/aromatic N) is 1. The van der Waals surface area contributed by atoms with E-state index < -0.39 is 0 Å². The molecule has 0 N–H and O–H groups in total. The molecule has 0 fully saturated rings. The standard InChI is InChI=1S/C14H16ClNO/c1-10(2)9-17-14-13-6-4-3-5-11(13)7-12(8-15)16-14/h3-7,10H,8-9H2,1-2H3. The zero-order valence-electron chi connectivity index (χ0n) is 10.1. The van der Waals surface area contributed by atoms with Crippen molar-refractivity contribution >= 4 is 22.4 Å². The Labute approximate surface area is 107 Å². The number of alkyl halides is 1. The van der Waals surface area contributed by atoms with Gasteiger partial charge in [0.2, 0.25) is 5.88 Å².